The van der Waals surface area contributed by atoms with Crippen LogP contribution < -0.4 is 5.56 Å². The SMILES string of the molecule is CSc1ncc2c(O)cc(=O)n(C3CCCC3)c2n1. The Bertz CT molecular complexity index is 677. The van der Waals surface area contributed by atoms with Crippen LogP contribution >= 0.6 is 11.8 Å². The van der Waals surface area contributed by atoms with Crippen LogP contribution in [-0.4, -0.2) is 25.9 Å². The van der Waals surface area contributed by atoms with E-state index in [2.05, 4.69) is 9.97 Å². The van der Waals surface area contributed by atoms with E-state index in [4.69, 9.17) is 0 Å². The summed E-state index contributed by atoms with van der Waals surface area (Å²) >= 11 is 1.43. The van der Waals surface area contributed by atoms with Crippen molar-refractivity contribution in [3.63, 3.8) is 0 Å². The number of aromatic nitrogens is 3. The van der Waals surface area contributed by atoms with Crippen LogP contribution in [0.3, 0.4) is 0 Å². The van der Waals surface area contributed by atoms with Gasteiger partial charge in [0.2, 0.25) is 0 Å². The van der Waals surface area contributed by atoms with E-state index in [1.54, 1.807) is 10.8 Å². The first-order valence-corrected chi connectivity index (χ1v) is 7.58. The van der Waals surface area contributed by atoms with Crippen LogP contribution in [0.5, 0.6) is 5.75 Å². The third-order valence-electron chi connectivity index (χ3n) is 3.62. The molecule has 0 aromatic carbocycles. The van der Waals surface area contributed by atoms with E-state index in [1.165, 1.54) is 17.8 Å². The predicted octanol–water partition coefficient (Wildman–Crippen LogP) is 2.33. The van der Waals surface area contributed by atoms with Gasteiger partial charge in [0.15, 0.2) is 10.8 Å². The highest BCUT2D eigenvalue weighted by atomic mass is 32.2. The first-order valence-electron chi connectivity index (χ1n) is 6.36. The molecule has 0 atom stereocenters. The average molecular weight is 277 g/mol. The zero-order valence-electron chi connectivity index (χ0n) is 10.7. The van der Waals surface area contributed by atoms with Crippen LogP contribution in [0.2, 0.25) is 0 Å². The molecule has 2 aromatic heterocycles. The quantitative estimate of drug-likeness (QED) is 0.674. The highest BCUT2D eigenvalue weighted by Crippen LogP contribution is 2.32. The van der Waals surface area contributed by atoms with E-state index in [-0.39, 0.29) is 17.4 Å². The molecule has 2 heterocycles. The highest BCUT2D eigenvalue weighted by molar-refractivity contribution is 7.98. The molecular formula is C13H15N3O2S. The van der Waals surface area contributed by atoms with Gasteiger partial charge in [-0.15, -0.1) is 0 Å². The maximum atomic E-state index is 12.2. The second-order valence-electron chi connectivity index (χ2n) is 4.77. The summed E-state index contributed by atoms with van der Waals surface area (Å²) in [6, 6.07) is 1.46. The lowest BCUT2D eigenvalue weighted by atomic mass is 10.2. The zero-order valence-corrected chi connectivity index (χ0v) is 11.5. The molecule has 19 heavy (non-hydrogen) atoms. The summed E-state index contributed by atoms with van der Waals surface area (Å²) in [7, 11) is 0. The molecule has 1 fully saturated rings. The van der Waals surface area contributed by atoms with Crippen molar-refractivity contribution in [2.45, 2.75) is 36.9 Å². The Morgan fingerprint density at radius 2 is 2.16 bits per heavy atom. The first-order chi connectivity index (χ1) is 9.20. The van der Waals surface area contributed by atoms with Crippen molar-refractivity contribution in [3.8, 4) is 5.75 Å². The lowest BCUT2D eigenvalue weighted by molar-refractivity contribution is 0.470. The van der Waals surface area contributed by atoms with Crippen molar-refractivity contribution in [1.82, 2.24) is 14.5 Å². The predicted molar refractivity (Wildman–Crippen MR) is 74.7 cm³/mol. The normalized spacial score (nSPS) is 16.3. The Kier molecular flexibility index (Phi) is 3.18. The summed E-state index contributed by atoms with van der Waals surface area (Å²) < 4.78 is 1.73. The van der Waals surface area contributed by atoms with Gasteiger partial charge in [0.1, 0.15) is 5.75 Å². The average Bonchev–Trinajstić information content (AvgIpc) is 2.92. The molecular weight excluding hydrogens is 262 g/mol. The molecule has 2 aromatic rings. The van der Waals surface area contributed by atoms with Crippen LogP contribution in [0.15, 0.2) is 22.2 Å². The van der Waals surface area contributed by atoms with Crippen LogP contribution in [-0.2, 0) is 0 Å². The van der Waals surface area contributed by atoms with E-state index >= 15 is 0 Å². The van der Waals surface area contributed by atoms with Gasteiger partial charge >= 0.3 is 0 Å². The fourth-order valence-electron chi connectivity index (χ4n) is 2.70. The van der Waals surface area contributed by atoms with E-state index in [0.717, 1.165) is 25.7 Å². The summed E-state index contributed by atoms with van der Waals surface area (Å²) in [5.41, 5.74) is 0.374. The third-order valence-corrected chi connectivity index (χ3v) is 4.18. The van der Waals surface area contributed by atoms with Gasteiger partial charge in [0.05, 0.1) is 5.39 Å². The summed E-state index contributed by atoms with van der Waals surface area (Å²) in [6.45, 7) is 0. The van der Waals surface area contributed by atoms with Gasteiger partial charge in [-0.25, -0.2) is 9.97 Å². The van der Waals surface area contributed by atoms with Crippen LogP contribution in [0.4, 0.5) is 0 Å². The smallest absolute Gasteiger partial charge is 0.256 e. The van der Waals surface area contributed by atoms with Crippen molar-refractivity contribution in [3.05, 3.63) is 22.6 Å². The molecule has 1 saturated carbocycles. The maximum Gasteiger partial charge on any atom is 0.256 e. The maximum absolute atomic E-state index is 12.2. The standard InChI is InChI=1S/C13H15N3O2S/c1-19-13-14-7-9-10(17)6-11(18)16(12(9)15-13)8-4-2-3-5-8/h6-8,17H,2-5H2,1H3. The molecule has 0 unspecified atom stereocenters. The number of nitrogens with zero attached hydrogens (tertiary/aromatic N) is 3. The zero-order chi connectivity index (χ0) is 13.4. The van der Waals surface area contributed by atoms with Gasteiger partial charge in [-0.05, 0) is 19.1 Å². The highest BCUT2D eigenvalue weighted by Gasteiger charge is 2.22. The number of pyridine rings is 1. The second-order valence-corrected chi connectivity index (χ2v) is 5.54. The largest absolute Gasteiger partial charge is 0.507 e. The molecule has 0 radical (unpaired) electrons. The van der Waals surface area contributed by atoms with Crippen molar-refractivity contribution < 1.29 is 5.11 Å². The van der Waals surface area contributed by atoms with Crippen LogP contribution in [0.1, 0.15) is 31.7 Å². The van der Waals surface area contributed by atoms with Crippen molar-refractivity contribution in [2.75, 3.05) is 6.26 Å². The molecule has 100 valence electrons. The van der Waals surface area contributed by atoms with Crippen molar-refractivity contribution in [1.29, 1.82) is 0 Å². The number of hydrogen-bond acceptors (Lipinski definition) is 5. The summed E-state index contributed by atoms with van der Waals surface area (Å²) in [6.07, 6.45) is 7.76. The molecule has 0 saturated heterocycles. The van der Waals surface area contributed by atoms with Gasteiger partial charge in [0.25, 0.3) is 5.56 Å². The first kappa shape index (κ1) is 12.5. The second kappa shape index (κ2) is 4.85. The Hall–Kier alpha value is -1.56. The van der Waals surface area contributed by atoms with E-state index in [1.807, 2.05) is 6.26 Å². The molecule has 1 N–H and O–H groups in total. The van der Waals surface area contributed by atoms with Gasteiger partial charge in [-0.1, -0.05) is 24.6 Å². The van der Waals surface area contributed by atoms with Gasteiger partial charge in [-0.3, -0.25) is 9.36 Å². The van der Waals surface area contributed by atoms with Crippen molar-refractivity contribution in [2.24, 2.45) is 0 Å². The lowest BCUT2D eigenvalue weighted by Crippen LogP contribution is -2.23. The minimum atomic E-state index is -0.178. The van der Waals surface area contributed by atoms with Crippen molar-refractivity contribution >= 4 is 22.8 Å². The van der Waals surface area contributed by atoms with E-state index < -0.39 is 0 Å². The minimum absolute atomic E-state index is 0.0399. The number of aromatic hydroxyl groups is 1. The van der Waals surface area contributed by atoms with E-state index in [0.29, 0.717) is 16.2 Å². The minimum Gasteiger partial charge on any atom is -0.507 e. The van der Waals surface area contributed by atoms with Crippen LogP contribution in [0.25, 0.3) is 11.0 Å². The Labute approximate surface area is 114 Å². The summed E-state index contributed by atoms with van der Waals surface area (Å²) in [5.74, 6) is -0.0399. The van der Waals surface area contributed by atoms with Gasteiger partial charge < -0.3 is 5.11 Å². The fraction of sp³-hybridized carbons (Fsp3) is 0.462. The number of thioether (sulfide) groups is 1. The Morgan fingerprint density at radius 3 is 2.84 bits per heavy atom. The molecule has 0 spiro atoms. The molecule has 0 aliphatic heterocycles. The third kappa shape index (κ3) is 2.10. The molecule has 5 nitrogen and oxygen atoms in total. The number of fused-ring (bicyclic) bond motifs is 1. The monoisotopic (exact) mass is 277 g/mol. The topological polar surface area (TPSA) is 68.0 Å². The molecule has 1 aliphatic carbocycles. The summed E-state index contributed by atoms with van der Waals surface area (Å²) in [4.78, 5) is 20.8. The molecule has 0 amide bonds. The molecule has 0 bridgehead atoms. The number of rotatable bonds is 2. The summed E-state index contributed by atoms with van der Waals surface area (Å²) in [5, 5.41) is 11.0. The molecule has 1 aliphatic rings. The Balaban J connectivity index is 2.31. The van der Waals surface area contributed by atoms with Crippen LogP contribution in [0, 0.1) is 0 Å². The Morgan fingerprint density at radius 1 is 1.42 bits per heavy atom. The van der Waals surface area contributed by atoms with Gasteiger partial charge in [0, 0.05) is 18.3 Å². The molecule has 6 heteroatoms. The number of hydrogen-bond donors (Lipinski definition) is 1. The van der Waals surface area contributed by atoms with E-state index in [9.17, 15) is 9.90 Å². The lowest BCUT2D eigenvalue weighted by Gasteiger charge is -2.16. The fourth-order valence-corrected chi connectivity index (χ4v) is 3.04. The molecule has 3 rings (SSSR count). The van der Waals surface area contributed by atoms with Gasteiger partial charge in [-0.2, -0.15) is 0 Å².